The molecule has 0 saturated carbocycles. The van der Waals surface area contributed by atoms with Gasteiger partial charge in [0.2, 0.25) is 0 Å². The average Bonchev–Trinajstić information content (AvgIpc) is 3.41. The Morgan fingerprint density at radius 1 is 0.963 bits per heavy atom. The molecular formula is C18H14N2O3S4. The first kappa shape index (κ1) is 18.2. The van der Waals surface area contributed by atoms with Crippen molar-refractivity contribution in [3.63, 3.8) is 0 Å². The molecule has 4 rings (SSSR count). The highest BCUT2D eigenvalue weighted by Gasteiger charge is 2.23. The number of nitrogens with zero attached hydrogens (tertiary/aromatic N) is 1. The van der Waals surface area contributed by atoms with Gasteiger partial charge >= 0.3 is 0 Å². The molecular weight excluding hydrogens is 420 g/mol. The van der Waals surface area contributed by atoms with Crippen LogP contribution >= 0.6 is 34.0 Å². The van der Waals surface area contributed by atoms with Gasteiger partial charge in [0, 0.05) is 4.88 Å². The Morgan fingerprint density at radius 3 is 2.33 bits per heavy atom. The summed E-state index contributed by atoms with van der Waals surface area (Å²) in [6, 6.07) is 14.4. The van der Waals surface area contributed by atoms with Crippen LogP contribution in [0.3, 0.4) is 0 Å². The van der Waals surface area contributed by atoms with Crippen LogP contribution in [0, 0.1) is 0 Å². The van der Waals surface area contributed by atoms with Crippen LogP contribution in [0.25, 0.3) is 20.3 Å². The largest absolute Gasteiger partial charge is 0.495 e. The van der Waals surface area contributed by atoms with Crippen molar-refractivity contribution in [2.75, 3.05) is 11.8 Å². The zero-order valence-electron chi connectivity index (χ0n) is 14.1. The summed E-state index contributed by atoms with van der Waals surface area (Å²) in [5.74, 6) is 0.290. The number of nitrogens with one attached hydrogen (secondary N) is 1. The predicted molar refractivity (Wildman–Crippen MR) is 113 cm³/mol. The molecule has 0 aliphatic heterocycles. The van der Waals surface area contributed by atoms with Gasteiger partial charge in [-0.1, -0.05) is 35.6 Å². The number of aromatic nitrogens is 1. The second-order valence-electron chi connectivity index (χ2n) is 5.41. The molecule has 5 nitrogen and oxygen atoms in total. The van der Waals surface area contributed by atoms with Gasteiger partial charge in [-0.3, -0.25) is 4.72 Å². The van der Waals surface area contributed by atoms with Gasteiger partial charge in [0.15, 0.2) is 5.13 Å². The predicted octanol–water partition coefficient (Wildman–Crippen LogP) is 5.41. The molecule has 1 N–H and O–H groups in total. The van der Waals surface area contributed by atoms with E-state index in [4.69, 9.17) is 4.74 Å². The van der Waals surface area contributed by atoms with Crippen LogP contribution in [0.5, 0.6) is 5.75 Å². The maximum atomic E-state index is 12.9. The summed E-state index contributed by atoms with van der Waals surface area (Å²) in [7, 11) is -2.37. The Bertz CT molecular complexity index is 1100. The Hall–Kier alpha value is -2.20. The minimum absolute atomic E-state index is 0.0815. The first-order chi connectivity index (χ1) is 13.1. The molecule has 3 aromatic heterocycles. The van der Waals surface area contributed by atoms with Crippen LogP contribution in [0.1, 0.15) is 0 Å². The second kappa shape index (κ2) is 7.43. The van der Waals surface area contributed by atoms with Crippen LogP contribution in [0.4, 0.5) is 5.13 Å². The quantitative estimate of drug-likeness (QED) is 0.441. The third-order valence-corrected chi connectivity index (χ3v) is 8.11. The molecule has 0 aliphatic carbocycles. The van der Waals surface area contributed by atoms with Crippen molar-refractivity contribution < 1.29 is 13.2 Å². The molecule has 3 heterocycles. The molecule has 0 bridgehead atoms. The summed E-state index contributed by atoms with van der Waals surface area (Å²) in [4.78, 5) is 7.66. The zero-order valence-corrected chi connectivity index (χ0v) is 17.3. The minimum Gasteiger partial charge on any atom is -0.495 e. The topological polar surface area (TPSA) is 68.3 Å². The zero-order chi connectivity index (χ0) is 18.9. The van der Waals surface area contributed by atoms with Crippen molar-refractivity contribution in [2.24, 2.45) is 0 Å². The van der Waals surface area contributed by atoms with Gasteiger partial charge < -0.3 is 4.74 Å². The van der Waals surface area contributed by atoms with E-state index in [0.717, 1.165) is 20.3 Å². The van der Waals surface area contributed by atoms with E-state index >= 15 is 0 Å². The van der Waals surface area contributed by atoms with Crippen molar-refractivity contribution in [2.45, 2.75) is 4.90 Å². The van der Waals surface area contributed by atoms with E-state index < -0.39 is 10.0 Å². The Kier molecular flexibility index (Phi) is 5.00. The average molecular weight is 435 g/mol. The molecule has 138 valence electrons. The lowest BCUT2D eigenvalue weighted by Crippen LogP contribution is -2.13. The van der Waals surface area contributed by atoms with Gasteiger partial charge in [-0.15, -0.1) is 22.7 Å². The number of thiophene rings is 2. The van der Waals surface area contributed by atoms with E-state index in [-0.39, 0.29) is 4.90 Å². The highest BCUT2D eigenvalue weighted by atomic mass is 32.2. The number of sulfonamides is 1. The summed E-state index contributed by atoms with van der Waals surface area (Å²) in [6.45, 7) is 0. The molecule has 0 radical (unpaired) electrons. The van der Waals surface area contributed by atoms with Crippen LogP contribution < -0.4 is 9.46 Å². The molecule has 27 heavy (non-hydrogen) atoms. The van der Waals surface area contributed by atoms with Crippen LogP contribution in [0.2, 0.25) is 0 Å². The van der Waals surface area contributed by atoms with E-state index in [2.05, 4.69) is 9.71 Å². The van der Waals surface area contributed by atoms with Crippen molar-refractivity contribution in [3.05, 3.63) is 59.3 Å². The normalized spacial score (nSPS) is 11.4. The number of rotatable bonds is 6. The van der Waals surface area contributed by atoms with E-state index in [1.54, 1.807) is 40.9 Å². The molecule has 4 aromatic rings. The van der Waals surface area contributed by atoms with Gasteiger partial charge in [-0.05, 0) is 35.0 Å². The van der Waals surface area contributed by atoms with Gasteiger partial charge in [0.25, 0.3) is 10.0 Å². The van der Waals surface area contributed by atoms with Gasteiger partial charge in [0.1, 0.15) is 16.3 Å². The van der Waals surface area contributed by atoms with Gasteiger partial charge in [-0.2, -0.15) is 0 Å². The SMILES string of the molecule is COc1ccccc1S(=O)(=O)Nc1nc(-c2cccs2)c(-c2cccs2)s1. The first-order valence-corrected chi connectivity index (χ1v) is 11.9. The summed E-state index contributed by atoms with van der Waals surface area (Å²) in [5, 5.41) is 4.30. The standard InChI is InChI=1S/C18H14N2O3S4/c1-23-12-6-2-3-9-15(12)27(21,22)20-18-19-16(13-7-4-10-24-13)17(26-18)14-8-5-11-25-14/h2-11H,1H3,(H,19,20). The van der Waals surface area contributed by atoms with E-state index in [0.29, 0.717) is 10.9 Å². The molecule has 0 aliphatic rings. The van der Waals surface area contributed by atoms with Crippen molar-refractivity contribution >= 4 is 49.2 Å². The third kappa shape index (κ3) is 3.63. The van der Waals surface area contributed by atoms with E-state index in [1.807, 2.05) is 35.0 Å². The maximum absolute atomic E-state index is 12.9. The molecule has 0 unspecified atom stereocenters. The fourth-order valence-electron chi connectivity index (χ4n) is 2.53. The van der Waals surface area contributed by atoms with Gasteiger partial charge in [0.05, 0.1) is 16.9 Å². The second-order valence-corrected chi connectivity index (χ2v) is 9.95. The summed E-state index contributed by atoms with van der Waals surface area (Å²) in [6.07, 6.45) is 0. The minimum atomic E-state index is -3.82. The van der Waals surface area contributed by atoms with Crippen LogP contribution in [0.15, 0.2) is 64.2 Å². The number of thiazole rings is 1. The number of methoxy groups -OCH3 is 1. The fourth-order valence-corrected chi connectivity index (χ4v) is 6.55. The molecule has 9 heteroatoms. The highest BCUT2D eigenvalue weighted by molar-refractivity contribution is 7.93. The summed E-state index contributed by atoms with van der Waals surface area (Å²) < 4.78 is 33.5. The number of anilines is 1. The molecule has 0 amide bonds. The van der Waals surface area contributed by atoms with Crippen molar-refractivity contribution in [3.8, 4) is 26.1 Å². The lowest BCUT2D eigenvalue weighted by atomic mass is 10.3. The molecule has 0 atom stereocenters. The lowest BCUT2D eigenvalue weighted by molar-refractivity contribution is 0.403. The lowest BCUT2D eigenvalue weighted by Gasteiger charge is -2.09. The van der Waals surface area contributed by atoms with Crippen molar-refractivity contribution in [1.29, 1.82) is 0 Å². The van der Waals surface area contributed by atoms with E-state index in [1.165, 1.54) is 24.5 Å². The highest BCUT2D eigenvalue weighted by Crippen LogP contribution is 2.42. The number of hydrogen-bond donors (Lipinski definition) is 1. The van der Waals surface area contributed by atoms with Gasteiger partial charge in [-0.25, -0.2) is 13.4 Å². The number of benzene rings is 1. The Morgan fingerprint density at radius 2 is 1.67 bits per heavy atom. The first-order valence-electron chi connectivity index (χ1n) is 7.83. The fraction of sp³-hybridized carbons (Fsp3) is 0.0556. The third-order valence-electron chi connectivity index (χ3n) is 3.71. The van der Waals surface area contributed by atoms with Crippen LogP contribution in [-0.2, 0) is 10.0 Å². The Balaban J connectivity index is 1.76. The Labute approximate surface area is 169 Å². The molecule has 0 fully saturated rings. The molecule has 0 spiro atoms. The summed E-state index contributed by atoms with van der Waals surface area (Å²) >= 11 is 4.50. The van der Waals surface area contributed by atoms with Crippen LogP contribution in [-0.4, -0.2) is 20.5 Å². The molecule has 1 aromatic carbocycles. The number of hydrogen-bond acceptors (Lipinski definition) is 7. The maximum Gasteiger partial charge on any atom is 0.267 e. The smallest absolute Gasteiger partial charge is 0.267 e. The number of para-hydroxylation sites is 1. The monoisotopic (exact) mass is 434 g/mol. The number of ether oxygens (including phenoxy) is 1. The summed E-state index contributed by atoms with van der Waals surface area (Å²) in [5.41, 5.74) is 0.787. The van der Waals surface area contributed by atoms with E-state index in [9.17, 15) is 8.42 Å². The van der Waals surface area contributed by atoms with Crippen molar-refractivity contribution in [1.82, 2.24) is 4.98 Å². The molecule has 0 saturated heterocycles.